The van der Waals surface area contributed by atoms with E-state index in [-0.39, 0.29) is 0 Å². The fourth-order valence-electron chi connectivity index (χ4n) is 1.85. The highest BCUT2D eigenvalue weighted by atomic mass is 32.2. The highest BCUT2D eigenvalue weighted by Gasteiger charge is 2.41. The molecule has 17 heavy (non-hydrogen) atoms. The van der Waals surface area contributed by atoms with Gasteiger partial charge in [0.15, 0.2) is 0 Å². The van der Waals surface area contributed by atoms with Gasteiger partial charge in [-0.15, -0.1) is 5.10 Å². The third kappa shape index (κ3) is 2.89. The van der Waals surface area contributed by atoms with Gasteiger partial charge in [0.25, 0.3) is 0 Å². The van der Waals surface area contributed by atoms with Crippen molar-refractivity contribution in [3.05, 3.63) is 11.4 Å². The van der Waals surface area contributed by atoms with E-state index in [0.717, 1.165) is 30.8 Å². The molecule has 94 valence electrons. The molecule has 1 aliphatic rings. The standard InChI is InChI=1S/C12H20N4S/c1-4-9-10(5-2)15-16-11(14-9)13-8-12(17-3)6-7-12/h4-8H2,1-3H3,(H,13,14,16). The predicted octanol–water partition coefficient (Wildman–Crippen LogP) is 2.30. The maximum absolute atomic E-state index is 4.53. The van der Waals surface area contributed by atoms with Crippen molar-refractivity contribution in [3.8, 4) is 0 Å². The van der Waals surface area contributed by atoms with Crippen molar-refractivity contribution >= 4 is 17.7 Å². The van der Waals surface area contributed by atoms with Gasteiger partial charge < -0.3 is 5.32 Å². The molecule has 0 radical (unpaired) electrons. The molecule has 1 heterocycles. The van der Waals surface area contributed by atoms with E-state index < -0.39 is 0 Å². The first-order valence-corrected chi connectivity index (χ1v) is 7.47. The van der Waals surface area contributed by atoms with Crippen LogP contribution in [0.5, 0.6) is 0 Å². The van der Waals surface area contributed by atoms with Crippen LogP contribution in [0, 0.1) is 0 Å². The summed E-state index contributed by atoms with van der Waals surface area (Å²) >= 11 is 1.94. The van der Waals surface area contributed by atoms with Crippen LogP contribution in [-0.4, -0.2) is 32.7 Å². The zero-order valence-corrected chi connectivity index (χ0v) is 11.6. The SMILES string of the molecule is CCc1nnc(NCC2(SC)CC2)nc1CC. The van der Waals surface area contributed by atoms with Gasteiger partial charge in [0.2, 0.25) is 5.95 Å². The monoisotopic (exact) mass is 252 g/mol. The minimum Gasteiger partial charge on any atom is -0.352 e. The molecule has 0 spiro atoms. The average Bonchev–Trinajstić information content (AvgIpc) is 3.16. The molecule has 0 saturated heterocycles. The summed E-state index contributed by atoms with van der Waals surface area (Å²) in [4.78, 5) is 4.53. The number of thioether (sulfide) groups is 1. The quantitative estimate of drug-likeness (QED) is 0.842. The van der Waals surface area contributed by atoms with Crippen molar-refractivity contribution in [1.82, 2.24) is 15.2 Å². The summed E-state index contributed by atoms with van der Waals surface area (Å²) in [6.07, 6.45) is 6.58. The van der Waals surface area contributed by atoms with E-state index in [9.17, 15) is 0 Å². The lowest BCUT2D eigenvalue weighted by Gasteiger charge is -2.13. The van der Waals surface area contributed by atoms with Crippen LogP contribution in [0.3, 0.4) is 0 Å². The van der Waals surface area contributed by atoms with Gasteiger partial charge in [0, 0.05) is 11.3 Å². The van der Waals surface area contributed by atoms with Crippen molar-refractivity contribution in [2.75, 3.05) is 18.1 Å². The van der Waals surface area contributed by atoms with Crippen LogP contribution in [0.15, 0.2) is 0 Å². The summed E-state index contributed by atoms with van der Waals surface area (Å²) in [7, 11) is 0. The van der Waals surface area contributed by atoms with Gasteiger partial charge in [-0.05, 0) is 31.9 Å². The Hall–Kier alpha value is -0.840. The number of aryl methyl sites for hydroxylation is 2. The van der Waals surface area contributed by atoms with Crippen LogP contribution in [0.2, 0.25) is 0 Å². The van der Waals surface area contributed by atoms with Crippen molar-refractivity contribution in [2.24, 2.45) is 0 Å². The number of nitrogens with one attached hydrogen (secondary N) is 1. The molecule has 1 N–H and O–H groups in total. The Kier molecular flexibility index (Phi) is 3.86. The molecule has 0 bridgehead atoms. The van der Waals surface area contributed by atoms with Crippen molar-refractivity contribution in [3.63, 3.8) is 0 Å². The lowest BCUT2D eigenvalue weighted by Crippen LogP contribution is -2.20. The van der Waals surface area contributed by atoms with Gasteiger partial charge in [0.05, 0.1) is 11.4 Å². The highest BCUT2D eigenvalue weighted by Crippen LogP contribution is 2.46. The van der Waals surface area contributed by atoms with Gasteiger partial charge in [-0.3, -0.25) is 0 Å². The minimum atomic E-state index is 0.430. The molecule has 0 aromatic carbocycles. The zero-order valence-electron chi connectivity index (χ0n) is 10.8. The Labute approximate surface area is 107 Å². The zero-order chi connectivity index (χ0) is 12.3. The molecule has 0 amide bonds. The summed E-state index contributed by atoms with van der Waals surface area (Å²) in [5.41, 5.74) is 2.09. The largest absolute Gasteiger partial charge is 0.352 e. The molecular formula is C12H20N4S. The van der Waals surface area contributed by atoms with E-state index >= 15 is 0 Å². The summed E-state index contributed by atoms with van der Waals surface area (Å²) in [6.45, 7) is 5.15. The average molecular weight is 252 g/mol. The Morgan fingerprint density at radius 2 is 1.88 bits per heavy atom. The lowest BCUT2D eigenvalue weighted by molar-refractivity contribution is 0.812. The van der Waals surface area contributed by atoms with E-state index in [2.05, 4.69) is 40.6 Å². The van der Waals surface area contributed by atoms with Crippen LogP contribution in [0.25, 0.3) is 0 Å². The predicted molar refractivity (Wildman–Crippen MR) is 72.6 cm³/mol. The van der Waals surface area contributed by atoms with Crippen LogP contribution in [-0.2, 0) is 12.8 Å². The maximum atomic E-state index is 4.53. The molecule has 4 nitrogen and oxygen atoms in total. The second kappa shape index (κ2) is 5.21. The molecule has 5 heteroatoms. The minimum absolute atomic E-state index is 0.430. The smallest absolute Gasteiger partial charge is 0.243 e. The maximum Gasteiger partial charge on any atom is 0.243 e. The fraction of sp³-hybridized carbons (Fsp3) is 0.750. The normalized spacial score (nSPS) is 16.9. The molecule has 0 unspecified atom stereocenters. The van der Waals surface area contributed by atoms with Crippen molar-refractivity contribution in [2.45, 2.75) is 44.3 Å². The van der Waals surface area contributed by atoms with E-state index in [4.69, 9.17) is 0 Å². The Balaban J connectivity index is 2.01. The van der Waals surface area contributed by atoms with Crippen molar-refractivity contribution in [1.29, 1.82) is 0 Å². The molecule has 1 fully saturated rings. The first-order chi connectivity index (χ1) is 8.23. The van der Waals surface area contributed by atoms with Gasteiger partial charge in [-0.25, -0.2) is 4.98 Å². The lowest BCUT2D eigenvalue weighted by atomic mass is 10.2. The second-order valence-corrected chi connectivity index (χ2v) is 5.75. The summed E-state index contributed by atoms with van der Waals surface area (Å²) < 4.78 is 0.430. The first-order valence-electron chi connectivity index (χ1n) is 6.24. The third-order valence-electron chi connectivity index (χ3n) is 3.32. The van der Waals surface area contributed by atoms with Gasteiger partial charge in [-0.1, -0.05) is 13.8 Å². The van der Waals surface area contributed by atoms with Gasteiger partial charge in [-0.2, -0.15) is 16.9 Å². The van der Waals surface area contributed by atoms with Gasteiger partial charge in [0.1, 0.15) is 0 Å². The molecule has 0 atom stereocenters. The number of hydrogen-bond acceptors (Lipinski definition) is 5. The molecule has 1 aromatic rings. The van der Waals surface area contributed by atoms with E-state index in [1.165, 1.54) is 12.8 Å². The Bertz CT molecular complexity index is 390. The molecular weight excluding hydrogens is 232 g/mol. The number of rotatable bonds is 6. The number of aromatic nitrogens is 3. The number of anilines is 1. The highest BCUT2D eigenvalue weighted by molar-refractivity contribution is 8.00. The first kappa shape index (κ1) is 12.6. The third-order valence-corrected chi connectivity index (χ3v) is 4.74. The molecule has 1 saturated carbocycles. The van der Waals surface area contributed by atoms with Gasteiger partial charge >= 0.3 is 0 Å². The fourth-order valence-corrected chi connectivity index (χ4v) is 2.57. The Morgan fingerprint density at radius 1 is 1.18 bits per heavy atom. The summed E-state index contributed by atoms with van der Waals surface area (Å²) in [5.74, 6) is 0.680. The Morgan fingerprint density at radius 3 is 2.41 bits per heavy atom. The van der Waals surface area contributed by atoms with E-state index in [1.54, 1.807) is 0 Å². The van der Waals surface area contributed by atoms with Crippen LogP contribution >= 0.6 is 11.8 Å². The number of nitrogens with zero attached hydrogens (tertiary/aromatic N) is 3. The molecule has 2 rings (SSSR count). The second-order valence-electron chi connectivity index (χ2n) is 4.48. The van der Waals surface area contributed by atoms with E-state index in [1.807, 2.05) is 11.8 Å². The van der Waals surface area contributed by atoms with E-state index in [0.29, 0.717) is 10.7 Å². The van der Waals surface area contributed by atoms with Crippen LogP contribution in [0.1, 0.15) is 38.1 Å². The molecule has 1 aromatic heterocycles. The summed E-state index contributed by atoms with van der Waals surface area (Å²) in [5, 5.41) is 11.7. The molecule has 0 aliphatic heterocycles. The topological polar surface area (TPSA) is 50.7 Å². The van der Waals surface area contributed by atoms with Crippen molar-refractivity contribution < 1.29 is 0 Å². The van der Waals surface area contributed by atoms with Crippen LogP contribution in [0.4, 0.5) is 5.95 Å². The number of hydrogen-bond donors (Lipinski definition) is 1. The molecule has 1 aliphatic carbocycles. The summed E-state index contributed by atoms with van der Waals surface area (Å²) in [6, 6.07) is 0. The van der Waals surface area contributed by atoms with Crippen LogP contribution < -0.4 is 5.32 Å².